The Bertz CT molecular complexity index is 1840. The van der Waals surface area contributed by atoms with Crippen molar-refractivity contribution in [1.82, 2.24) is 0 Å². The number of unbranched alkanes of at least 4 members (excludes halogenated alkanes) is 49. The monoisotopic (exact) mass is 1410 g/mol. The number of carbonyl (C=O) groups excluding carboxylic acids is 4. The average molecular weight is 1410 g/mol. The highest BCUT2D eigenvalue weighted by Gasteiger charge is 2.30. The molecule has 0 heterocycles. The number of hydrogen-bond acceptors (Lipinski definition) is 15. The van der Waals surface area contributed by atoms with E-state index in [1.807, 2.05) is 0 Å². The summed E-state index contributed by atoms with van der Waals surface area (Å²) in [6, 6.07) is 0. The summed E-state index contributed by atoms with van der Waals surface area (Å²) in [5.41, 5.74) is 0. The van der Waals surface area contributed by atoms with E-state index >= 15 is 0 Å². The average Bonchev–Trinajstić information content (AvgIpc) is 1.28. The molecule has 0 amide bonds. The summed E-state index contributed by atoms with van der Waals surface area (Å²) in [6.07, 6.45) is 60.0. The Labute approximate surface area is 588 Å². The lowest BCUT2D eigenvalue weighted by molar-refractivity contribution is -0.161. The second kappa shape index (κ2) is 70.1. The Balaban J connectivity index is 5.16. The first-order valence-corrected chi connectivity index (χ1v) is 43.1. The summed E-state index contributed by atoms with van der Waals surface area (Å²) in [6.45, 7) is 7.21. The smallest absolute Gasteiger partial charge is 0.462 e. The first-order chi connectivity index (χ1) is 46.5. The Morgan fingerprint density at radius 1 is 0.281 bits per heavy atom. The summed E-state index contributed by atoms with van der Waals surface area (Å²) in [5, 5.41) is 10.6. The van der Waals surface area contributed by atoms with Gasteiger partial charge in [-0.1, -0.05) is 356 Å². The zero-order chi connectivity index (χ0) is 70.5. The zero-order valence-corrected chi connectivity index (χ0v) is 64.3. The van der Waals surface area contributed by atoms with Gasteiger partial charge in [-0.15, -0.1) is 0 Å². The highest BCUT2D eigenvalue weighted by molar-refractivity contribution is 7.47. The number of aliphatic hydroxyl groups excluding tert-OH is 1. The van der Waals surface area contributed by atoms with E-state index in [4.69, 9.17) is 37.0 Å². The van der Waals surface area contributed by atoms with Crippen molar-refractivity contribution in [3.05, 3.63) is 0 Å². The predicted octanol–water partition coefficient (Wildman–Crippen LogP) is 22.9. The maximum absolute atomic E-state index is 13.1. The van der Waals surface area contributed by atoms with Crippen LogP contribution in [-0.4, -0.2) is 96.7 Å². The van der Waals surface area contributed by atoms with Crippen molar-refractivity contribution in [2.24, 2.45) is 5.92 Å². The van der Waals surface area contributed by atoms with Crippen LogP contribution in [0.25, 0.3) is 0 Å². The fraction of sp³-hybridized carbons (Fsp3) is 0.948. The van der Waals surface area contributed by atoms with Gasteiger partial charge in [0, 0.05) is 25.7 Å². The van der Waals surface area contributed by atoms with Crippen LogP contribution in [0.5, 0.6) is 0 Å². The summed E-state index contributed by atoms with van der Waals surface area (Å²) < 4.78 is 68.4. The molecule has 0 aliphatic carbocycles. The highest BCUT2D eigenvalue weighted by Crippen LogP contribution is 2.45. The van der Waals surface area contributed by atoms with Crippen LogP contribution in [0.4, 0.5) is 0 Å². The quantitative estimate of drug-likeness (QED) is 0.0222. The molecule has 570 valence electrons. The van der Waals surface area contributed by atoms with E-state index in [1.54, 1.807) is 0 Å². The third-order valence-electron chi connectivity index (χ3n) is 18.0. The van der Waals surface area contributed by atoms with Crippen LogP contribution in [0.15, 0.2) is 0 Å². The van der Waals surface area contributed by atoms with Crippen molar-refractivity contribution in [3.8, 4) is 0 Å². The zero-order valence-electron chi connectivity index (χ0n) is 62.5. The van der Waals surface area contributed by atoms with E-state index in [-0.39, 0.29) is 25.7 Å². The summed E-state index contributed by atoms with van der Waals surface area (Å²) in [5.74, 6) is -1.40. The molecule has 0 aliphatic heterocycles. The molecule has 0 radical (unpaired) electrons. The van der Waals surface area contributed by atoms with Gasteiger partial charge >= 0.3 is 39.5 Å². The van der Waals surface area contributed by atoms with E-state index < -0.39 is 97.5 Å². The lowest BCUT2D eigenvalue weighted by Gasteiger charge is -2.21. The first-order valence-electron chi connectivity index (χ1n) is 40.1. The molecule has 19 heteroatoms. The molecule has 17 nitrogen and oxygen atoms in total. The van der Waals surface area contributed by atoms with Crippen molar-refractivity contribution in [2.75, 3.05) is 39.6 Å². The lowest BCUT2D eigenvalue weighted by atomic mass is 10.0. The largest absolute Gasteiger partial charge is 0.472 e. The van der Waals surface area contributed by atoms with E-state index in [9.17, 15) is 43.2 Å². The molecule has 0 spiro atoms. The van der Waals surface area contributed by atoms with Crippen LogP contribution in [0, 0.1) is 5.92 Å². The predicted molar refractivity (Wildman–Crippen MR) is 391 cm³/mol. The Morgan fingerprint density at radius 3 is 0.708 bits per heavy atom. The van der Waals surface area contributed by atoms with Crippen molar-refractivity contribution >= 4 is 39.5 Å². The van der Waals surface area contributed by atoms with Gasteiger partial charge < -0.3 is 33.8 Å². The fourth-order valence-electron chi connectivity index (χ4n) is 11.9. The van der Waals surface area contributed by atoms with Gasteiger partial charge in [-0.25, -0.2) is 9.13 Å². The van der Waals surface area contributed by atoms with E-state index in [1.165, 1.54) is 218 Å². The topological polar surface area (TPSA) is 237 Å². The number of hydrogen-bond donors (Lipinski definition) is 3. The fourth-order valence-corrected chi connectivity index (χ4v) is 13.5. The van der Waals surface area contributed by atoms with Gasteiger partial charge in [0.15, 0.2) is 12.2 Å². The van der Waals surface area contributed by atoms with Gasteiger partial charge in [-0.3, -0.25) is 37.3 Å². The third-order valence-corrected chi connectivity index (χ3v) is 19.9. The Kier molecular flexibility index (Phi) is 68.7. The number of phosphoric ester groups is 2. The Morgan fingerprint density at radius 2 is 0.479 bits per heavy atom. The van der Waals surface area contributed by atoms with Gasteiger partial charge in [0.25, 0.3) is 0 Å². The molecule has 0 fully saturated rings. The summed E-state index contributed by atoms with van der Waals surface area (Å²) >= 11 is 0. The van der Waals surface area contributed by atoms with Crippen molar-refractivity contribution in [3.63, 3.8) is 0 Å². The van der Waals surface area contributed by atoms with Crippen LogP contribution in [-0.2, 0) is 65.4 Å². The van der Waals surface area contributed by atoms with Gasteiger partial charge in [0.05, 0.1) is 26.4 Å². The van der Waals surface area contributed by atoms with Crippen LogP contribution >= 0.6 is 15.6 Å². The molecule has 0 rings (SSSR count). The molecular weight excluding hydrogens is 1260 g/mol. The maximum Gasteiger partial charge on any atom is 0.472 e. The van der Waals surface area contributed by atoms with E-state index in [2.05, 4.69) is 34.6 Å². The maximum atomic E-state index is 13.1. The van der Waals surface area contributed by atoms with Crippen molar-refractivity contribution < 1.29 is 80.2 Å². The normalized spacial score (nSPS) is 13.9. The minimum absolute atomic E-state index is 0.105. The van der Waals surface area contributed by atoms with Crippen LogP contribution < -0.4 is 0 Å². The molecule has 0 aromatic rings. The lowest BCUT2D eigenvalue weighted by Crippen LogP contribution is -2.30. The van der Waals surface area contributed by atoms with Crippen LogP contribution in [0.1, 0.15) is 407 Å². The molecule has 0 bridgehead atoms. The molecule has 0 saturated carbocycles. The number of rotatable bonds is 77. The molecule has 0 saturated heterocycles. The Hall–Kier alpha value is -1.94. The number of aliphatic hydroxyl groups is 1. The minimum Gasteiger partial charge on any atom is -0.462 e. The molecule has 3 N–H and O–H groups in total. The number of phosphoric acid groups is 2. The van der Waals surface area contributed by atoms with Gasteiger partial charge in [0.2, 0.25) is 0 Å². The van der Waals surface area contributed by atoms with Crippen LogP contribution in [0.3, 0.4) is 0 Å². The number of esters is 4. The van der Waals surface area contributed by atoms with Crippen LogP contribution in [0.2, 0.25) is 0 Å². The number of carbonyl (C=O) groups is 4. The molecule has 0 aromatic carbocycles. The second-order valence-electron chi connectivity index (χ2n) is 28.2. The summed E-state index contributed by atoms with van der Waals surface area (Å²) in [7, 11) is -9.90. The van der Waals surface area contributed by atoms with E-state index in [0.29, 0.717) is 25.7 Å². The first kappa shape index (κ1) is 94.1. The van der Waals surface area contributed by atoms with Crippen molar-refractivity contribution in [1.29, 1.82) is 0 Å². The highest BCUT2D eigenvalue weighted by atomic mass is 31.2. The molecular formula is C77H150O17P2. The second-order valence-corrected chi connectivity index (χ2v) is 31.1. The molecule has 0 aromatic heterocycles. The SMILES string of the molecule is CCCCCCCCCCCCCCCCCCCCCCC(=O)O[C@H](COC(=O)CCCCCCCCCCCCCCCCCCCC)COP(=O)(O)OC[C@@H](O)COP(=O)(O)OC[C@@H](COC(=O)CCCCCCCCC)OC(=O)CCCCCCCCCCC(C)C. The van der Waals surface area contributed by atoms with E-state index in [0.717, 1.165) is 109 Å². The third kappa shape index (κ3) is 70.5. The molecule has 5 atom stereocenters. The summed E-state index contributed by atoms with van der Waals surface area (Å²) in [4.78, 5) is 72.7. The molecule has 0 aliphatic rings. The van der Waals surface area contributed by atoms with Gasteiger partial charge in [-0.05, 0) is 31.6 Å². The van der Waals surface area contributed by atoms with Crippen molar-refractivity contribution in [2.45, 2.75) is 425 Å². The molecule has 96 heavy (non-hydrogen) atoms. The standard InChI is InChI=1S/C77H150O17P2/c1-6-9-12-15-18-20-22-24-26-28-30-31-33-35-37-39-41-47-52-57-62-76(81)93-73(67-88-75(80)61-56-51-46-40-38-36-34-32-29-27-25-23-21-19-16-13-10-7-2)69-92-96(85,86)90-65-71(78)64-89-95(83,84)91-68-72(66-87-74(79)60-55-50-44-17-14-11-8-3)94-77(82)63-58-53-48-43-42-45-49-54-59-70(4)5/h70-73,78H,6-69H2,1-5H3,(H,83,84)(H,85,86)/t71-,72+,73+/m0/s1. The number of ether oxygens (including phenoxy) is 4. The van der Waals surface area contributed by atoms with Gasteiger partial charge in [0.1, 0.15) is 19.3 Å². The molecule has 2 unspecified atom stereocenters. The minimum atomic E-state index is -4.96. The van der Waals surface area contributed by atoms with Gasteiger partial charge in [-0.2, -0.15) is 0 Å².